The molecule has 26 heavy (non-hydrogen) atoms. The number of pyridine rings is 1. The first-order valence-electron chi connectivity index (χ1n) is 7.84. The molecule has 2 amide bonds. The van der Waals surface area contributed by atoms with E-state index in [1.165, 1.54) is 18.2 Å². The number of halogens is 1. The molecule has 0 unspecified atom stereocenters. The highest BCUT2D eigenvalue weighted by Crippen LogP contribution is 2.31. The van der Waals surface area contributed by atoms with E-state index in [-0.39, 0.29) is 28.6 Å². The Hall–Kier alpha value is -2.45. The van der Waals surface area contributed by atoms with Crippen LogP contribution in [0.4, 0.5) is 5.69 Å². The normalized spacial score (nSPS) is 18.8. The van der Waals surface area contributed by atoms with Gasteiger partial charge in [-0.2, -0.15) is 0 Å². The van der Waals surface area contributed by atoms with Gasteiger partial charge in [-0.05, 0) is 30.3 Å². The molecule has 0 bridgehead atoms. The third-order valence-electron chi connectivity index (χ3n) is 3.95. The smallest absolute Gasteiger partial charge is 0.253 e. The molecule has 136 valence electrons. The number of anilines is 1. The molecule has 1 aromatic heterocycles. The van der Waals surface area contributed by atoms with Gasteiger partial charge in [-0.1, -0.05) is 24.6 Å². The highest BCUT2D eigenvalue weighted by Gasteiger charge is 2.42. The molecule has 0 saturated carbocycles. The van der Waals surface area contributed by atoms with Crippen LogP contribution in [0.25, 0.3) is 0 Å². The molecule has 7 nitrogen and oxygen atoms in total. The number of carbonyl (C=O) groups excluding carboxylic acids is 2. The minimum Gasteiger partial charge on any atom is -0.346 e. The number of sulfonamides is 1. The summed E-state index contributed by atoms with van der Waals surface area (Å²) in [5, 5.41) is 2.75. The van der Waals surface area contributed by atoms with E-state index in [2.05, 4.69) is 10.3 Å². The average molecular weight is 394 g/mol. The standard InChI is InChI=1S/C17H16ClN3O4S/c1-11-10-26(24,25)21(17(11)23)13-5-6-14(15(18)8-13)16(22)20-9-12-4-2-3-7-19-12/h2-8,11H,9-10H2,1H3,(H,20,22)/t11-/m1/s1. The number of amides is 2. The Kier molecular flexibility index (Phi) is 4.97. The minimum atomic E-state index is -3.72. The van der Waals surface area contributed by atoms with Crippen molar-refractivity contribution in [2.45, 2.75) is 13.5 Å². The summed E-state index contributed by atoms with van der Waals surface area (Å²) in [7, 11) is -3.72. The van der Waals surface area contributed by atoms with Crippen molar-refractivity contribution in [2.24, 2.45) is 5.92 Å². The lowest BCUT2D eigenvalue weighted by Gasteiger charge is -2.16. The third kappa shape index (κ3) is 3.56. The van der Waals surface area contributed by atoms with E-state index in [9.17, 15) is 18.0 Å². The summed E-state index contributed by atoms with van der Waals surface area (Å²) in [6.07, 6.45) is 1.62. The summed E-state index contributed by atoms with van der Waals surface area (Å²) >= 11 is 6.15. The summed E-state index contributed by atoms with van der Waals surface area (Å²) < 4.78 is 25.0. The SMILES string of the molecule is C[C@@H]1CS(=O)(=O)N(c2ccc(C(=O)NCc3ccccn3)c(Cl)c2)C1=O. The van der Waals surface area contributed by atoms with Crippen LogP contribution < -0.4 is 9.62 Å². The monoisotopic (exact) mass is 393 g/mol. The molecule has 2 heterocycles. The third-order valence-corrected chi connectivity index (χ3v) is 6.13. The number of aromatic nitrogens is 1. The molecule has 1 aliphatic heterocycles. The van der Waals surface area contributed by atoms with Crippen molar-refractivity contribution >= 4 is 39.1 Å². The van der Waals surface area contributed by atoms with Crippen molar-refractivity contribution in [1.29, 1.82) is 0 Å². The van der Waals surface area contributed by atoms with Crippen LogP contribution in [0.15, 0.2) is 42.6 Å². The second kappa shape index (κ2) is 7.05. The first-order chi connectivity index (χ1) is 12.3. The van der Waals surface area contributed by atoms with E-state index in [0.717, 1.165) is 4.31 Å². The van der Waals surface area contributed by atoms with Crippen molar-refractivity contribution < 1.29 is 18.0 Å². The van der Waals surface area contributed by atoms with Crippen molar-refractivity contribution in [3.63, 3.8) is 0 Å². The predicted octanol–water partition coefficient (Wildman–Crippen LogP) is 1.98. The van der Waals surface area contributed by atoms with Crippen molar-refractivity contribution in [2.75, 3.05) is 10.1 Å². The van der Waals surface area contributed by atoms with E-state index >= 15 is 0 Å². The second-order valence-corrected chi connectivity index (χ2v) is 8.22. The van der Waals surface area contributed by atoms with E-state index in [1.807, 2.05) is 6.07 Å². The first kappa shape index (κ1) is 18.3. The largest absolute Gasteiger partial charge is 0.346 e. The number of carbonyl (C=O) groups is 2. The number of benzene rings is 1. The maximum absolute atomic E-state index is 12.3. The molecule has 1 N–H and O–H groups in total. The van der Waals surface area contributed by atoms with Gasteiger partial charge in [0.15, 0.2) is 0 Å². The van der Waals surface area contributed by atoms with Crippen molar-refractivity contribution in [1.82, 2.24) is 10.3 Å². The summed E-state index contributed by atoms with van der Waals surface area (Å²) in [5.41, 5.74) is 1.01. The van der Waals surface area contributed by atoms with Gasteiger partial charge in [0.05, 0.1) is 40.2 Å². The van der Waals surface area contributed by atoms with Crippen LogP contribution in [0.1, 0.15) is 23.0 Å². The Morgan fingerprint density at radius 3 is 2.69 bits per heavy atom. The Balaban J connectivity index is 1.79. The molecule has 0 radical (unpaired) electrons. The lowest BCUT2D eigenvalue weighted by molar-refractivity contribution is -0.119. The van der Waals surface area contributed by atoms with Crippen LogP contribution in [0.3, 0.4) is 0 Å². The second-order valence-electron chi connectivity index (χ2n) is 5.95. The van der Waals surface area contributed by atoms with Crippen LogP contribution in [-0.4, -0.2) is 31.0 Å². The summed E-state index contributed by atoms with van der Waals surface area (Å²) in [5.74, 6) is -1.78. The molecular weight excluding hydrogens is 378 g/mol. The Morgan fingerprint density at radius 1 is 1.35 bits per heavy atom. The zero-order valence-electron chi connectivity index (χ0n) is 13.8. The van der Waals surface area contributed by atoms with E-state index in [1.54, 1.807) is 25.3 Å². The Labute approximate surface area is 156 Å². The molecule has 9 heteroatoms. The maximum atomic E-state index is 12.3. The summed E-state index contributed by atoms with van der Waals surface area (Å²) in [4.78, 5) is 28.5. The average Bonchev–Trinajstić information content (AvgIpc) is 2.80. The van der Waals surface area contributed by atoms with Gasteiger partial charge >= 0.3 is 0 Å². The van der Waals surface area contributed by atoms with Crippen molar-refractivity contribution in [3.05, 3.63) is 58.9 Å². The van der Waals surface area contributed by atoms with Gasteiger partial charge in [-0.25, -0.2) is 12.7 Å². The molecule has 1 aromatic carbocycles. The van der Waals surface area contributed by atoms with Gasteiger partial charge in [0.2, 0.25) is 15.9 Å². The van der Waals surface area contributed by atoms with Crippen LogP contribution in [-0.2, 0) is 21.4 Å². The van der Waals surface area contributed by atoms with Crippen LogP contribution in [0.2, 0.25) is 5.02 Å². The maximum Gasteiger partial charge on any atom is 0.253 e. The molecule has 1 aliphatic rings. The molecule has 2 aromatic rings. The number of hydrogen-bond acceptors (Lipinski definition) is 5. The number of nitrogens with zero attached hydrogens (tertiary/aromatic N) is 2. The Bertz CT molecular complexity index is 963. The van der Waals surface area contributed by atoms with Crippen LogP contribution in [0.5, 0.6) is 0 Å². The number of rotatable bonds is 4. The van der Waals surface area contributed by atoms with Gasteiger partial charge in [-0.15, -0.1) is 0 Å². The van der Waals surface area contributed by atoms with Gasteiger partial charge < -0.3 is 5.32 Å². The molecular formula is C17H16ClN3O4S. The molecule has 1 atom stereocenters. The number of nitrogens with one attached hydrogen (secondary N) is 1. The van der Waals surface area contributed by atoms with Crippen molar-refractivity contribution in [3.8, 4) is 0 Å². The molecule has 1 saturated heterocycles. The van der Waals surface area contributed by atoms with Crippen LogP contribution >= 0.6 is 11.6 Å². The number of hydrogen-bond donors (Lipinski definition) is 1. The van der Waals surface area contributed by atoms with Gasteiger partial charge in [0.1, 0.15) is 0 Å². The summed E-state index contributed by atoms with van der Waals surface area (Å²) in [6, 6.07) is 9.47. The zero-order chi connectivity index (χ0) is 18.9. The van der Waals surface area contributed by atoms with Crippen LogP contribution in [0, 0.1) is 5.92 Å². The quantitative estimate of drug-likeness (QED) is 0.856. The fourth-order valence-corrected chi connectivity index (χ4v) is 4.74. The lowest BCUT2D eigenvalue weighted by atomic mass is 10.1. The molecule has 1 fully saturated rings. The summed E-state index contributed by atoms with van der Waals surface area (Å²) in [6.45, 7) is 1.79. The highest BCUT2D eigenvalue weighted by atomic mass is 35.5. The molecule has 0 spiro atoms. The van der Waals surface area contributed by atoms with E-state index < -0.39 is 27.8 Å². The van der Waals surface area contributed by atoms with Gasteiger partial charge in [0.25, 0.3) is 5.91 Å². The molecule has 0 aliphatic carbocycles. The lowest BCUT2D eigenvalue weighted by Crippen LogP contribution is -2.30. The minimum absolute atomic E-state index is 0.0589. The topological polar surface area (TPSA) is 96.4 Å². The first-order valence-corrected chi connectivity index (χ1v) is 9.83. The Morgan fingerprint density at radius 2 is 2.12 bits per heavy atom. The predicted molar refractivity (Wildman–Crippen MR) is 97.3 cm³/mol. The fourth-order valence-electron chi connectivity index (χ4n) is 2.67. The van der Waals surface area contributed by atoms with E-state index in [0.29, 0.717) is 5.69 Å². The van der Waals surface area contributed by atoms with E-state index in [4.69, 9.17) is 11.6 Å². The zero-order valence-corrected chi connectivity index (χ0v) is 15.4. The van der Waals surface area contributed by atoms with Gasteiger partial charge in [0, 0.05) is 6.20 Å². The highest BCUT2D eigenvalue weighted by molar-refractivity contribution is 7.94. The molecule has 3 rings (SSSR count). The van der Waals surface area contributed by atoms with Gasteiger partial charge in [-0.3, -0.25) is 14.6 Å². The fraction of sp³-hybridized carbons (Fsp3) is 0.235.